The highest BCUT2D eigenvalue weighted by Gasteiger charge is 2.14. The lowest BCUT2D eigenvalue weighted by Gasteiger charge is -2.22. The van der Waals surface area contributed by atoms with Gasteiger partial charge in [0.1, 0.15) is 0 Å². The number of nitrogen functional groups attached to an aromatic ring is 1. The summed E-state index contributed by atoms with van der Waals surface area (Å²) >= 11 is 5.19. The average Bonchev–Trinajstić information content (AvgIpc) is 3.17. The minimum atomic E-state index is 0.677. The van der Waals surface area contributed by atoms with Crippen LogP contribution in [0.1, 0.15) is 95.8 Å². The van der Waals surface area contributed by atoms with Gasteiger partial charge >= 0.3 is 0 Å². The smallest absolute Gasteiger partial charge is 0.180 e. The Labute approximate surface area is 209 Å². The molecule has 0 saturated carbocycles. The molecule has 0 spiro atoms. The van der Waals surface area contributed by atoms with Crippen molar-refractivity contribution in [3.63, 3.8) is 0 Å². The maximum absolute atomic E-state index is 6.11. The molecule has 0 aliphatic heterocycles. The number of anilines is 1. The van der Waals surface area contributed by atoms with Crippen LogP contribution in [0.2, 0.25) is 0 Å². The van der Waals surface area contributed by atoms with Crippen molar-refractivity contribution in [1.82, 2.24) is 9.88 Å². The standard InChI is InChI=1S/C27H44BrN3S/c1-3-5-7-9-11-13-20-31(21-14-12-10-8-6-4-2)22-19-25-26(30-27(29)32-25)23-15-17-24(28)18-16-23/h15-18H,3-14,19-22H2,1-2H3,(H2,29,30). The molecule has 0 fully saturated rings. The molecule has 3 nitrogen and oxygen atoms in total. The predicted molar refractivity (Wildman–Crippen MR) is 147 cm³/mol. The Morgan fingerprint density at radius 3 is 1.88 bits per heavy atom. The zero-order valence-electron chi connectivity index (χ0n) is 20.4. The Bertz CT molecular complexity index is 713. The van der Waals surface area contributed by atoms with Crippen molar-refractivity contribution in [1.29, 1.82) is 0 Å². The molecule has 180 valence electrons. The van der Waals surface area contributed by atoms with Crippen molar-refractivity contribution in [3.8, 4) is 11.3 Å². The first kappa shape index (κ1) is 27.3. The van der Waals surface area contributed by atoms with Gasteiger partial charge < -0.3 is 10.6 Å². The van der Waals surface area contributed by atoms with Crippen molar-refractivity contribution in [2.75, 3.05) is 25.4 Å². The molecule has 0 aliphatic carbocycles. The van der Waals surface area contributed by atoms with Gasteiger partial charge in [-0.3, -0.25) is 0 Å². The first-order chi connectivity index (χ1) is 15.6. The quantitative estimate of drug-likeness (QED) is 0.199. The Morgan fingerprint density at radius 1 is 0.781 bits per heavy atom. The maximum atomic E-state index is 6.11. The SMILES string of the molecule is CCCCCCCCN(CCCCCCCC)CCc1sc(N)nc1-c1ccc(Br)cc1. The normalized spacial score (nSPS) is 11.5. The van der Waals surface area contributed by atoms with Crippen molar-refractivity contribution < 1.29 is 0 Å². The van der Waals surface area contributed by atoms with Crippen LogP contribution in [0.4, 0.5) is 5.13 Å². The van der Waals surface area contributed by atoms with Gasteiger partial charge in [-0.1, -0.05) is 106 Å². The summed E-state index contributed by atoms with van der Waals surface area (Å²) in [7, 11) is 0. The van der Waals surface area contributed by atoms with Crippen molar-refractivity contribution in [2.45, 2.75) is 97.3 Å². The van der Waals surface area contributed by atoms with Gasteiger partial charge in [-0.15, -0.1) is 11.3 Å². The van der Waals surface area contributed by atoms with E-state index in [0.717, 1.165) is 28.7 Å². The van der Waals surface area contributed by atoms with Gasteiger partial charge in [0.05, 0.1) is 5.69 Å². The summed E-state index contributed by atoms with van der Waals surface area (Å²) in [6.45, 7) is 8.13. The van der Waals surface area contributed by atoms with Crippen LogP contribution in [0, 0.1) is 0 Å². The fraction of sp³-hybridized carbons (Fsp3) is 0.667. The zero-order valence-corrected chi connectivity index (χ0v) is 22.8. The van der Waals surface area contributed by atoms with Crippen molar-refractivity contribution in [3.05, 3.63) is 33.6 Å². The Balaban J connectivity index is 1.89. The van der Waals surface area contributed by atoms with Crippen LogP contribution in [0.15, 0.2) is 28.7 Å². The second-order valence-electron chi connectivity index (χ2n) is 8.96. The van der Waals surface area contributed by atoms with Crippen molar-refractivity contribution in [2.24, 2.45) is 0 Å². The average molecular weight is 523 g/mol. The number of nitrogens with zero attached hydrogens (tertiary/aromatic N) is 2. The maximum Gasteiger partial charge on any atom is 0.180 e. The lowest BCUT2D eigenvalue weighted by atomic mass is 10.1. The van der Waals surface area contributed by atoms with Crippen LogP contribution < -0.4 is 5.73 Å². The molecule has 0 bridgehead atoms. The number of hydrogen-bond acceptors (Lipinski definition) is 4. The molecule has 1 aromatic heterocycles. The molecule has 2 aromatic rings. The summed E-state index contributed by atoms with van der Waals surface area (Å²) in [5.74, 6) is 0. The molecule has 0 saturated heterocycles. The lowest BCUT2D eigenvalue weighted by molar-refractivity contribution is 0.263. The van der Waals surface area contributed by atoms with Gasteiger partial charge in [0.25, 0.3) is 0 Å². The summed E-state index contributed by atoms with van der Waals surface area (Å²) in [5, 5.41) is 0.677. The predicted octanol–water partition coefficient (Wildman–Crippen LogP) is 8.72. The van der Waals surface area contributed by atoms with Gasteiger partial charge in [0.2, 0.25) is 0 Å². The number of rotatable bonds is 18. The monoisotopic (exact) mass is 521 g/mol. The molecule has 5 heteroatoms. The number of benzene rings is 1. The highest BCUT2D eigenvalue weighted by molar-refractivity contribution is 9.10. The van der Waals surface area contributed by atoms with E-state index < -0.39 is 0 Å². The highest BCUT2D eigenvalue weighted by Crippen LogP contribution is 2.31. The molecule has 2 N–H and O–H groups in total. The summed E-state index contributed by atoms with van der Waals surface area (Å²) in [5.41, 5.74) is 8.34. The van der Waals surface area contributed by atoms with Crippen molar-refractivity contribution >= 4 is 32.4 Å². The van der Waals surface area contributed by atoms with E-state index in [0.29, 0.717) is 5.13 Å². The molecule has 1 heterocycles. The minimum Gasteiger partial charge on any atom is -0.375 e. The third kappa shape index (κ3) is 10.8. The Morgan fingerprint density at radius 2 is 1.31 bits per heavy atom. The van der Waals surface area contributed by atoms with E-state index in [1.54, 1.807) is 11.3 Å². The molecule has 0 atom stereocenters. The fourth-order valence-corrected chi connectivity index (χ4v) is 5.31. The Kier molecular flexibility index (Phi) is 14.2. The van der Waals surface area contributed by atoms with E-state index in [2.05, 4.69) is 63.9 Å². The summed E-state index contributed by atoms with van der Waals surface area (Å²) in [6.07, 6.45) is 17.4. The van der Waals surface area contributed by atoms with Gasteiger partial charge in [-0.25, -0.2) is 4.98 Å². The largest absolute Gasteiger partial charge is 0.375 e. The van der Waals surface area contributed by atoms with E-state index in [4.69, 9.17) is 5.73 Å². The summed E-state index contributed by atoms with van der Waals surface area (Å²) in [6, 6.07) is 8.43. The molecule has 2 rings (SSSR count). The zero-order chi connectivity index (χ0) is 23.0. The number of halogens is 1. The van der Waals surface area contributed by atoms with Gasteiger partial charge in [-0.2, -0.15) is 0 Å². The van der Waals surface area contributed by atoms with E-state index in [1.165, 1.54) is 95.0 Å². The highest BCUT2D eigenvalue weighted by atomic mass is 79.9. The number of nitrogens with two attached hydrogens (primary N) is 1. The van der Waals surface area contributed by atoms with E-state index in [1.807, 2.05) is 0 Å². The van der Waals surface area contributed by atoms with Gasteiger partial charge in [0.15, 0.2) is 5.13 Å². The third-order valence-corrected chi connectivity index (χ3v) is 7.62. The van der Waals surface area contributed by atoms with Crippen LogP contribution in [0.5, 0.6) is 0 Å². The molecular weight excluding hydrogens is 478 g/mol. The lowest BCUT2D eigenvalue weighted by Crippen LogP contribution is -2.28. The summed E-state index contributed by atoms with van der Waals surface area (Å²) in [4.78, 5) is 8.67. The van der Waals surface area contributed by atoms with Crippen LogP contribution in [-0.2, 0) is 6.42 Å². The number of hydrogen-bond donors (Lipinski definition) is 1. The topological polar surface area (TPSA) is 42.1 Å². The van der Waals surface area contributed by atoms with E-state index in [-0.39, 0.29) is 0 Å². The fourth-order valence-electron chi connectivity index (χ4n) is 4.20. The number of aromatic nitrogens is 1. The molecule has 1 aromatic carbocycles. The molecule has 0 radical (unpaired) electrons. The first-order valence-corrected chi connectivity index (χ1v) is 14.5. The minimum absolute atomic E-state index is 0.677. The first-order valence-electron chi connectivity index (χ1n) is 12.9. The third-order valence-electron chi connectivity index (χ3n) is 6.14. The van der Waals surface area contributed by atoms with Crippen LogP contribution in [0.25, 0.3) is 11.3 Å². The van der Waals surface area contributed by atoms with Gasteiger partial charge in [0, 0.05) is 21.5 Å². The molecule has 0 aliphatic rings. The summed E-state index contributed by atoms with van der Waals surface area (Å²) < 4.78 is 1.09. The second-order valence-corrected chi connectivity index (χ2v) is 11.0. The molecule has 0 amide bonds. The molecular formula is C27H44BrN3S. The number of unbranched alkanes of at least 4 members (excludes halogenated alkanes) is 10. The van der Waals surface area contributed by atoms with Crippen LogP contribution in [-0.4, -0.2) is 29.5 Å². The van der Waals surface area contributed by atoms with Crippen LogP contribution >= 0.6 is 27.3 Å². The van der Waals surface area contributed by atoms with Gasteiger partial charge in [-0.05, 0) is 44.5 Å². The second kappa shape index (κ2) is 16.7. The molecule has 0 unspecified atom stereocenters. The number of thiazole rings is 1. The van der Waals surface area contributed by atoms with E-state index in [9.17, 15) is 0 Å². The molecule has 32 heavy (non-hydrogen) atoms. The van der Waals surface area contributed by atoms with Crippen LogP contribution in [0.3, 0.4) is 0 Å². The van der Waals surface area contributed by atoms with E-state index >= 15 is 0 Å². The Hall–Kier alpha value is -0.910.